The molecular formula is C27H32Cl2N4O5S. The monoisotopic (exact) mass is 594 g/mol. The van der Waals surface area contributed by atoms with Crippen molar-refractivity contribution in [2.45, 2.75) is 31.7 Å². The van der Waals surface area contributed by atoms with Crippen LogP contribution in [-0.2, 0) is 19.6 Å². The number of rotatable bonds is 8. The van der Waals surface area contributed by atoms with Gasteiger partial charge in [0.1, 0.15) is 0 Å². The van der Waals surface area contributed by atoms with E-state index in [4.69, 9.17) is 27.9 Å². The number of urea groups is 1. The van der Waals surface area contributed by atoms with Crippen LogP contribution in [-0.4, -0.2) is 80.4 Å². The number of ether oxygens (including phenoxy) is 1. The Morgan fingerprint density at radius 3 is 2.31 bits per heavy atom. The summed E-state index contributed by atoms with van der Waals surface area (Å²) in [5.41, 5.74) is 2.31. The van der Waals surface area contributed by atoms with Crippen molar-refractivity contribution < 1.29 is 22.7 Å². The molecule has 0 bridgehead atoms. The van der Waals surface area contributed by atoms with Crippen molar-refractivity contribution in [3.63, 3.8) is 0 Å². The molecule has 2 aromatic carbocycles. The van der Waals surface area contributed by atoms with Crippen LogP contribution in [0.15, 0.2) is 58.6 Å². The molecule has 0 aliphatic carbocycles. The zero-order chi connectivity index (χ0) is 28.3. The molecule has 2 aliphatic rings. The van der Waals surface area contributed by atoms with Gasteiger partial charge in [0, 0.05) is 55.0 Å². The Kier molecular flexibility index (Phi) is 9.23. The lowest BCUT2D eigenvalue weighted by Gasteiger charge is -2.40. The molecule has 1 N–H and O–H groups in total. The molecule has 2 heterocycles. The SMILES string of the molecule is CCOC(=O)C1=C(CN2CCN(S(=O)(=O)c3ccc(C)cc3)CC2)N(CC)C(=O)NC1c1ccc(Cl)cc1Cl. The molecule has 0 spiro atoms. The van der Waals surface area contributed by atoms with Gasteiger partial charge in [-0.05, 0) is 50.6 Å². The molecule has 0 saturated carbocycles. The molecule has 2 aromatic rings. The van der Waals surface area contributed by atoms with Gasteiger partial charge in [-0.3, -0.25) is 9.80 Å². The van der Waals surface area contributed by atoms with E-state index >= 15 is 0 Å². The molecule has 0 aromatic heterocycles. The maximum Gasteiger partial charge on any atom is 0.338 e. The van der Waals surface area contributed by atoms with Crippen LogP contribution in [0.5, 0.6) is 0 Å². The van der Waals surface area contributed by atoms with Crippen LogP contribution in [0.25, 0.3) is 0 Å². The minimum atomic E-state index is -3.62. The molecule has 1 fully saturated rings. The fraction of sp³-hybridized carbons (Fsp3) is 0.407. The lowest BCUT2D eigenvalue weighted by atomic mass is 9.94. The molecule has 9 nitrogen and oxygen atoms in total. The van der Waals surface area contributed by atoms with Crippen LogP contribution in [0.1, 0.15) is 31.0 Å². The second-order valence-corrected chi connectivity index (χ2v) is 12.1. The van der Waals surface area contributed by atoms with Gasteiger partial charge < -0.3 is 10.1 Å². The van der Waals surface area contributed by atoms with Gasteiger partial charge in [0.15, 0.2) is 0 Å². The van der Waals surface area contributed by atoms with Gasteiger partial charge in [-0.2, -0.15) is 4.31 Å². The summed E-state index contributed by atoms with van der Waals surface area (Å²) in [5.74, 6) is -0.553. The number of likely N-dealkylation sites (N-methyl/N-ethyl adjacent to an activating group) is 1. The van der Waals surface area contributed by atoms with Gasteiger partial charge in [0.2, 0.25) is 10.0 Å². The largest absolute Gasteiger partial charge is 0.463 e. The smallest absolute Gasteiger partial charge is 0.338 e. The highest BCUT2D eigenvalue weighted by Gasteiger charge is 2.39. The number of nitrogens with zero attached hydrogens (tertiary/aromatic N) is 3. The quantitative estimate of drug-likeness (QED) is 0.460. The van der Waals surface area contributed by atoms with E-state index in [0.29, 0.717) is 40.9 Å². The average Bonchev–Trinajstić information content (AvgIpc) is 2.89. The third-order valence-electron chi connectivity index (χ3n) is 6.89. The second-order valence-electron chi connectivity index (χ2n) is 9.37. The number of sulfonamides is 1. The lowest BCUT2D eigenvalue weighted by molar-refractivity contribution is -0.139. The molecule has 210 valence electrons. The summed E-state index contributed by atoms with van der Waals surface area (Å²) in [6.45, 7) is 7.61. The third-order valence-corrected chi connectivity index (χ3v) is 9.36. The molecule has 0 radical (unpaired) electrons. The molecule has 2 aliphatic heterocycles. The van der Waals surface area contributed by atoms with Crippen molar-refractivity contribution in [3.05, 3.63) is 74.9 Å². The van der Waals surface area contributed by atoms with Crippen molar-refractivity contribution >= 4 is 45.2 Å². The molecule has 1 saturated heterocycles. The Bertz CT molecular complexity index is 1370. The lowest BCUT2D eigenvalue weighted by Crippen LogP contribution is -2.53. The number of hydrogen-bond donors (Lipinski definition) is 1. The molecule has 1 unspecified atom stereocenters. The fourth-order valence-electron chi connectivity index (χ4n) is 4.83. The minimum absolute atomic E-state index is 0.159. The first-order chi connectivity index (χ1) is 18.6. The number of carbonyl (C=O) groups is 2. The molecular weight excluding hydrogens is 563 g/mol. The first-order valence-electron chi connectivity index (χ1n) is 12.8. The summed E-state index contributed by atoms with van der Waals surface area (Å²) < 4.78 is 33.2. The zero-order valence-corrected chi connectivity index (χ0v) is 24.4. The molecule has 4 rings (SSSR count). The number of nitrogens with one attached hydrogen (secondary N) is 1. The van der Waals surface area contributed by atoms with Crippen molar-refractivity contribution in [1.82, 2.24) is 19.4 Å². The summed E-state index contributed by atoms with van der Waals surface area (Å²) in [5, 5.41) is 3.64. The van der Waals surface area contributed by atoms with E-state index < -0.39 is 22.0 Å². The number of piperazine rings is 1. The van der Waals surface area contributed by atoms with Crippen molar-refractivity contribution in [2.24, 2.45) is 0 Å². The van der Waals surface area contributed by atoms with Gasteiger partial charge in [0.05, 0.1) is 23.1 Å². The number of halogens is 2. The van der Waals surface area contributed by atoms with Crippen LogP contribution in [0.4, 0.5) is 4.79 Å². The number of esters is 1. The zero-order valence-electron chi connectivity index (χ0n) is 22.1. The molecule has 2 amide bonds. The Balaban J connectivity index is 1.63. The van der Waals surface area contributed by atoms with Gasteiger partial charge in [-0.25, -0.2) is 18.0 Å². The maximum absolute atomic E-state index is 13.3. The minimum Gasteiger partial charge on any atom is -0.463 e. The van der Waals surface area contributed by atoms with E-state index in [9.17, 15) is 18.0 Å². The summed E-state index contributed by atoms with van der Waals surface area (Å²) in [6.07, 6.45) is 0. The Hall–Kier alpha value is -2.63. The number of carbonyl (C=O) groups excluding carboxylic acids is 2. The average molecular weight is 596 g/mol. The van der Waals surface area contributed by atoms with Gasteiger partial charge in [-0.1, -0.05) is 47.0 Å². The molecule has 12 heteroatoms. The summed E-state index contributed by atoms with van der Waals surface area (Å²) in [4.78, 5) is 30.3. The third kappa shape index (κ3) is 6.25. The maximum atomic E-state index is 13.3. The van der Waals surface area contributed by atoms with E-state index in [1.54, 1.807) is 49.4 Å². The van der Waals surface area contributed by atoms with E-state index in [0.717, 1.165) is 5.56 Å². The number of hydrogen-bond acceptors (Lipinski definition) is 6. The number of benzene rings is 2. The Morgan fingerprint density at radius 2 is 1.72 bits per heavy atom. The Labute approximate surface area is 239 Å². The first kappa shape index (κ1) is 29.4. The van der Waals surface area contributed by atoms with Crippen molar-refractivity contribution in [1.29, 1.82) is 0 Å². The van der Waals surface area contributed by atoms with Crippen LogP contribution >= 0.6 is 23.2 Å². The van der Waals surface area contributed by atoms with Crippen molar-refractivity contribution in [3.8, 4) is 0 Å². The van der Waals surface area contributed by atoms with Gasteiger partial charge >= 0.3 is 12.0 Å². The van der Waals surface area contributed by atoms with Crippen LogP contribution in [0.3, 0.4) is 0 Å². The number of amides is 2. The van der Waals surface area contributed by atoms with Crippen molar-refractivity contribution in [2.75, 3.05) is 45.9 Å². The van der Waals surface area contributed by atoms with E-state index in [1.165, 1.54) is 9.21 Å². The first-order valence-corrected chi connectivity index (χ1v) is 15.0. The van der Waals surface area contributed by atoms with E-state index in [-0.39, 0.29) is 42.7 Å². The highest BCUT2D eigenvalue weighted by Crippen LogP contribution is 2.36. The highest BCUT2D eigenvalue weighted by molar-refractivity contribution is 7.89. The topological polar surface area (TPSA) is 99.3 Å². The summed E-state index contributed by atoms with van der Waals surface area (Å²) in [6, 6.07) is 10.5. The standard InChI is InChI=1S/C27H32Cl2N4O5S/c1-4-33-23(17-31-12-14-32(15-13-31)39(36,37)20-9-6-18(3)7-10-20)24(26(34)38-5-2)25(30-27(33)35)21-11-8-19(28)16-22(21)29/h6-11,16,25H,4-5,12-15,17H2,1-3H3,(H,30,35). The normalized spacial score (nSPS) is 19.3. The predicted octanol–water partition coefficient (Wildman–Crippen LogP) is 4.21. The Morgan fingerprint density at radius 1 is 1.05 bits per heavy atom. The highest BCUT2D eigenvalue weighted by atomic mass is 35.5. The van der Waals surface area contributed by atoms with E-state index in [1.807, 2.05) is 18.7 Å². The van der Waals surface area contributed by atoms with Gasteiger partial charge in [-0.15, -0.1) is 0 Å². The van der Waals surface area contributed by atoms with Crippen LogP contribution in [0.2, 0.25) is 10.0 Å². The van der Waals surface area contributed by atoms with E-state index in [2.05, 4.69) is 5.32 Å². The predicted molar refractivity (Wildman–Crippen MR) is 150 cm³/mol. The second kappa shape index (κ2) is 12.3. The fourth-order valence-corrected chi connectivity index (χ4v) is 6.77. The van der Waals surface area contributed by atoms with Crippen LogP contribution < -0.4 is 5.32 Å². The molecule has 1 atom stereocenters. The summed E-state index contributed by atoms with van der Waals surface area (Å²) in [7, 11) is -3.62. The van der Waals surface area contributed by atoms with Gasteiger partial charge in [0.25, 0.3) is 0 Å². The number of aryl methyl sites for hydroxylation is 1. The summed E-state index contributed by atoms with van der Waals surface area (Å²) >= 11 is 12.6. The molecule has 39 heavy (non-hydrogen) atoms. The van der Waals surface area contributed by atoms with Crippen LogP contribution in [0, 0.1) is 6.92 Å².